The summed E-state index contributed by atoms with van der Waals surface area (Å²) in [5.74, 6) is 0.675. The van der Waals surface area contributed by atoms with E-state index in [1.807, 2.05) is 61.5 Å². The second kappa shape index (κ2) is 13.4. The molecule has 0 aliphatic rings. The molecule has 0 fully saturated rings. The van der Waals surface area contributed by atoms with Gasteiger partial charge >= 0.3 is 5.97 Å². The van der Waals surface area contributed by atoms with Crippen molar-refractivity contribution in [2.24, 2.45) is 0 Å². The van der Waals surface area contributed by atoms with Gasteiger partial charge in [-0.2, -0.15) is 0 Å². The topological polar surface area (TPSA) is 93.7 Å². The number of rotatable bonds is 11. The van der Waals surface area contributed by atoms with E-state index in [9.17, 15) is 14.4 Å². The number of esters is 1. The normalized spacial score (nSPS) is 10.8. The van der Waals surface area contributed by atoms with Crippen molar-refractivity contribution < 1.29 is 23.9 Å². The molecule has 0 aliphatic carbocycles. The maximum atomic E-state index is 12.3. The number of hydrogen-bond acceptors (Lipinski definition) is 5. The highest BCUT2D eigenvalue weighted by molar-refractivity contribution is 6.02. The van der Waals surface area contributed by atoms with E-state index in [0.29, 0.717) is 29.5 Å². The van der Waals surface area contributed by atoms with Gasteiger partial charge in [0.05, 0.1) is 0 Å². The Balaban J connectivity index is 1.17. The maximum absolute atomic E-state index is 12.3. The van der Waals surface area contributed by atoms with E-state index in [0.717, 1.165) is 27.6 Å². The van der Waals surface area contributed by atoms with E-state index in [-0.39, 0.29) is 25.4 Å². The van der Waals surface area contributed by atoms with Crippen molar-refractivity contribution in [2.45, 2.75) is 46.0 Å². The molecule has 0 saturated carbocycles. The first-order valence-corrected chi connectivity index (χ1v) is 13.4. The first-order valence-electron chi connectivity index (χ1n) is 13.4. The summed E-state index contributed by atoms with van der Waals surface area (Å²) < 4.78 is 11.2. The average Bonchev–Trinajstić information content (AvgIpc) is 2.93. The Morgan fingerprint density at radius 1 is 0.800 bits per heavy atom. The van der Waals surface area contributed by atoms with E-state index in [4.69, 9.17) is 9.47 Å². The molecule has 206 valence electrons. The number of hydrogen-bond donors (Lipinski definition) is 2. The molecule has 2 amide bonds. The van der Waals surface area contributed by atoms with Crippen molar-refractivity contribution in [3.63, 3.8) is 0 Å². The molecular formula is C33H34N2O5. The molecule has 0 aromatic heterocycles. The molecule has 0 bridgehead atoms. The summed E-state index contributed by atoms with van der Waals surface area (Å²) in [7, 11) is 0. The standard InChI is InChI=1S/C33H34N2O5/c1-22(2)27-19-14-23(3)20-30(27)40-26-17-15-25(16-18-26)34-31(36)12-7-13-33(38)39-21-32(37)35-29-11-6-9-24-8-4-5-10-28(24)29/h4-6,8-11,14-20,22H,7,12-13,21H2,1-3H3,(H,34,36)(H,35,37). The van der Waals surface area contributed by atoms with Gasteiger partial charge in [0.2, 0.25) is 5.91 Å². The number of benzene rings is 4. The second-order valence-electron chi connectivity index (χ2n) is 9.96. The van der Waals surface area contributed by atoms with Crippen LogP contribution in [0.3, 0.4) is 0 Å². The van der Waals surface area contributed by atoms with Crippen LogP contribution in [0.5, 0.6) is 11.5 Å². The molecular weight excluding hydrogens is 504 g/mol. The molecule has 7 nitrogen and oxygen atoms in total. The molecule has 7 heteroatoms. The third-order valence-corrected chi connectivity index (χ3v) is 6.37. The number of ether oxygens (including phenoxy) is 2. The fraction of sp³-hybridized carbons (Fsp3) is 0.242. The monoisotopic (exact) mass is 538 g/mol. The quantitative estimate of drug-likeness (QED) is 0.195. The summed E-state index contributed by atoms with van der Waals surface area (Å²) in [6.45, 7) is 5.89. The number of fused-ring (bicyclic) bond motifs is 1. The fourth-order valence-electron chi connectivity index (χ4n) is 4.30. The van der Waals surface area contributed by atoms with Crippen molar-refractivity contribution in [1.82, 2.24) is 0 Å². The molecule has 4 rings (SSSR count). The van der Waals surface area contributed by atoms with Gasteiger partial charge in [-0.25, -0.2) is 0 Å². The smallest absolute Gasteiger partial charge is 0.306 e. The van der Waals surface area contributed by atoms with Gasteiger partial charge in [0.25, 0.3) is 5.91 Å². The van der Waals surface area contributed by atoms with Gasteiger partial charge < -0.3 is 20.1 Å². The summed E-state index contributed by atoms with van der Waals surface area (Å²) >= 11 is 0. The van der Waals surface area contributed by atoms with E-state index in [2.05, 4.69) is 36.6 Å². The van der Waals surface area contributed by atoms with Crippen molar-refractivity contribution in [3.8, 4) is 11.5 Å². The van der Waals surface area contributed by atoms with Crippen LogP contribution < -0.4 is 15.4 Å². The molecule has 2 N–H and O–H groups in total. The second-order valence-corrected chi connectivity index (χ2v) is 9.96. The summed E-state index contributed by atoms with van der Waals surface area (Å²) in [6.07, 6.45) is 0.495. The van der Waals surface area contributed by atoms with Crippen LogP contribution in [-0.2, 0) is 19.1 Å². The average molecular weight is 539 g/mol. The zero-order valence-electron chi connectivity index (χ0n) is 23.0. The van der Waals surface area contributed by atoms with Gasteiger partial charge in [0.1, 0.15) is 11.5 Å². The molecule has 0 atom stereocenters. The largest absolute Gasteiger partial charge is 0.457 e. The van der Waals surface area contributed by atoms with E-state index >= 15 is 0 Å². The van der Waals surface area contributed by atoms with Crippen molar-refractivity contribution in [1.29, 1.82) is 0 Å². The van der Waals surface area contributed by atoms with E-state index in [1.54, 1.807) is 18.2 Å². The lowest BCUT2D eigenvalue weighted by Crippen LogP contribution is -2.21. The van der Waals surface area contributed by atoms with E-state index in [1.165, 1.54) is 0 Å². The van der Waals surface area contributed by atoms with Crippen LogP contribution in [0.2, 0.25) is 0 Å². The number of amides is 2. The first kappa shape index (κ1) is 28.4. The summed E-state index contributed by atoms with van der Waals surface area (Å²) in [4.78, 5) is 36.7. The molecule has 0 radical (unpaired) electrons. The highest BCUT2D eigenvalue weighted by Crippen LogP contribution is 2.32. The number of carbonyl (C=O) groups excluding carboxylic acids is 3. The number of nitrogens with one attached hydrogen (secondary N) is 2. The van der Waals surface area contributed by atoms with Crippen LogP contribution in [0.25, 0.3) is 10.8 Å². The molecule has 0 aliphatic heterocycles. The van der Waals surface area contributed by atoms with Gasteiger partial charge in [0.15, 0.2) is 6.61 Å². The van der Waals surface area contributed by atoms with Crippen LogP contribution in [0.15, 0.2) is 84.9 Å². The molecule has 4 aromatic carbocycles. The Labute approximate surface area is 234 Å². The minimum Gasteiger partial charge on any atom is -0.457 e. The van der Waals surface area contributed by atoms with Crippen LogP contribution in [0.4, 0.5) is 11.4 Å². The Bertz CT molecular complexity index is 1490. The van der Waals surface area contributed by atoms with Crippen LogP contribution >= 0.6 is 0 Å². The lowest BCUT2D eigenvalue weighted by atomic mass is 10.0. The predicted molar refractivity (Wildman–Crippen MR) is 158 cm³/mol. The van der Waals surface area contributed by atoms with Crippen molar-refractivity contribution in [3.05, 3.63) is 96.1 Å². The lowest BCUT2D eigenvalue weighted by Gasteiger charge is -2.15. The Morgan fingerprint density at radius 3 is 2.33 bits per heavy atom. The van der Waals surface area contributed by atoms with Gasteiger partial charge in [-0.05, 0) is 72.2 Å². The number of aryl methyl sites for hydroxylation is 1. The highest BCUT2D eigenvalue weighted by Gasteiger charge is 2.12. The summed E-state index contributed by atoms with van der Waals surface area (Å²) in [5.41, 5.74) is 3.55. The van der Waals surface area contributed by atoms with Crippen molar-refractivity contribution in [2.75, 3.05) is 17.2 Å². The molecule has 0 saturated heterocycles. The number of carbonyl (C=O) groups is 3. The third kappa shape index (κ3) is 7.93. The van der Waals surface area contributed by atoms with Crippen molar-refractivity contribution >= 4 is 39.9 Å². The minimum absolute atomic E-state index is 0.0381. The number of anilines is 2. The van der Waals surface area contributed by atoms with Crippen LogP contribution in [-0.4, -0.2) is 24.4 Å². The molecule has 0 spiro atoms. The van der Waals surface area contributed by atoms with Gasteiger partial charge in [0, 0.05) is 29.6 Å². The zero-order valence-corrected chi connectivity index (χ0v) is 23.0. The Morgan fingerprint density at radius 2 is 1.55 bits per heavy atom. The van der Waals surface area contributed by atoms with Gasteiger partial charge in [-0.3, -0.25) is 14.4 Å². The van der Waals surface area contributed by atoms with Crippen LogP contribution in [0.1, 0.15) is 50.2 Å². The first-order chi connectivity index (χ1) is 19.3. The summed E-state index contributed by atoms with van der Waals surface area (Å²) in [5, 5.41) is 7.52. The maximum Gasteiger partial charge on any atom is 0.306 e. The highest BCUT2D eigenvalue weighted by atomic mass is 16.5. The SMILES string of the molecule is Cc1ccc(C(C)C)c(Oc2ccc(NC(=O)CCCC(=O)OCC(=O)Nc3cccc4ccccc34)cc2)c1. The molecule has 4 aromatic rings. The molecule has 40 heavy (non-hydrogen) atoms. The molecule has 0 heterocycles. The Hall–Kier alpha value is -4.65. The fourth-order valence-corrected chi connectivity index (χ4v) is 4.30. The minimum atomic E-state index is -0.528. The van der Waals surface area contributed by atoms with Crippen LogP contribution in [0, 0.1) is 6.92 Å². The van der Waals surface area contributed by atoms with E-state index < -0.39 is 11.9 Å². The molecule has 0 unspecified atom stereocenters. The lowest BCUT2D eigenvalue weighted by molar-refractivity contribution is -0.147. The van der Waals surface area contributed by atoms with Gasteiger partial charge in [-0.15, -0.1) is 0 Å². The summed E-state index contributed by atoms with van der Waals surface area (Å²) in [6, 6.07) is 26.7. The predicted octanol–water partition coefficient (Wildman–Crippen LogP) is 7.35. The third-order valence-electron chi connectivity index (χ3n) is 6.37. The van der Waals surface area contributed by atoms with Gasteiger partial charge in [-0.1, -0.05) is 62.4 Å². The zero-order chi connectivity index (χ0) is 28.5. The Kier molecular flexibility index (Phi) is 9.52.